The van der Waals surface area contributed by atoms with Crippen LogP contribution < -0.4 is 0 Å². The minimum atomic E-state index is 0.295. The van der Waals surface area contributed by atoms with Crippen LogP contribution in [0.15, 0.2) is 12.1 Å². The predicted octanol–water partition coefficient (Wildman–Crippen LogP) is 3.10. The Balaban J connectivity index is 2.57. The van der Waals surface area contributed by atoms with Crippen LogP contribution in [0.2, 0.25) is 0 Å². The molecule has 0 fully saturated rings. The fraction of sp³-hybridized carbons (Fsp3) is 0.647. The van der Waals surface area contributed by atoms with E-state index in [0.29, 0.717) is 12.5 Å². The van der Waals surface area contributed by atoms with Crippen molar-refractivity contribution in [2.45, 2.75) is 40.5 Å². The van der Waals surface area contributed by atoms with E-state index >= 15 is 0 Å². The highest BCUT2D eigenvalue weighted by Gasteiger charge is 2.10. The molecule has 0 aliphatic rings. The van der Waals surface area contributed by atoms with E-state index in [9.17, 15) is 5.11 Å². The molecule has 1 N–H and O–H groups in total. The molecular weight excluding hydrogens is 234 g/mol. The third-order valence-electron chi connectivity index (χ3n) is 3.99. The zero-order chi connectivity index (χ0) is 14.4. The number of hydrogen-bond acceptors (Lipinski definition) is 2. The minimum Gasteiger partial charge on any atom is -0.396 e. The smallest absolute Gasteiger partial charge is 0.0471 e. The van der Waals surface area contributed by atoms with Crippen molar-refractivity contribution in [2.75, 3.05) is 26.7 Å². The van der Waals surface area contributed by atoms with E-state index in [4.69, 9.17) is 0 Å². The van der Waals surface area contributed by atoms with Crippen molar-refractivity contribution in [3.63, 3.8) is 0 Å². The van der Waals surface area contributed by atoms with Gasteiger partial charge in [-0.15, -0.1) is 0 Å². The molecule has 108 valence electrons. The largest absolute Gasteiger partial charge is 0.396 e. The minimum absolute atomic E-state index is 0.295. The number of rotatable bonds is 7. The number of hydrogen-bond donors (Lipinski definition) is 1. The van der Waals surface area contributed by atoms with Gasteiger partial charge in [0.2, 0.25) is 0 Å². The molecule has 1 atom stereocenters. The summed E-state index contributed by atoms with van der Waals surface area (Å²) in [5.74, 6) is 0.408. The number of aliphatic hydroxyl groups is 1. The van der Waals surface area contributed by atoms with Gasteiger partial charge < -0.3 is 10.0 Å². The summed E-state index contributed by atoms with van der Waals surface area (Å²) in [6.45, 7) is 11.0. The molecule has 0 aliphatic carbocycles. The summed E-state index contributed by atoms with van der Waals surface area (Å²) >= 11 is 0. The fourth-order valence-electron chi connectivity index (χ4n) is 2.75. The van der Waals surface area contributed by atoms with Gasteiger partial charge in [0.1, 0.15) is 0 Å². The second-order valence-electron chi connectivity index (χ2n) is 5.85. The first-order chi connectivity index (χ1) is 8.97. The Hall–Kier alpha value is -0.860. The zero-order valence-corrected chi connectivity index (χ0v) is 13.2. The van der Waals surface area contributed by atoms with Crippen LogP contribution in [0.25, 0.3) is 0 Å². The lowest BCUT2D eigenvalue weighted by Gasteiger charge is -2.22. The zero-order valence-electron chi connectivity index (χ0n) is 13.2. The second kappa shape index (κ2) is 7.66. The summed E-state index contributed by atoms with van der Waals surface area (Å²) in [5, 5.41) is 9.25. The number of benzene rings is 1. The van der Waals surface area contributed by atoms with E-state index in [1.54, 1.807) is 0 Å². The van der Waals surface area contributed by atoms with Crippen LogP contribution >= 0.6 is 0 Å². The van der Waals surface area contributed by atoms with Crippen LogP contribution in [0.4, 0.5) is 0 Å². The number of nitrogens with zero attached hydrogens (tertiary/aromatic N) is 1. The monoisotopic (exact) mass is 263 g/mol. The van der Waals surface area contributed by atoms with Gasteiger partial charge in [0.25, 0.3) is 0 Å². The molecular formula is C17H29NO. The Kier molecular flexibility index (Phi) is 6.53. The summed E-state index contributed by atoms with van der Waals surface area (Å²) in [4.78, 5) is 2.34. The first kappa shape index (κ1) is 16.2. The van der Waals surface area contributed by atoms with Crippen molar-refractivity contribution >= 4 is 0 Å². The summed E-state index contributed by atoms with van der Waals surface area (Å²) < 4.78 is 0. The molecule has 0 heterocycles. The Morgan fingerprint density at radius 1 is 1.16 bits per heavy atom. The highest BCUT2D eigenvalue weighted by atomic mass is 16.3. The van der Waals surface area contributed by atoms with Gasteiger partial charge in [-0.3, -0.25) is 0 Å². The molecule has 2 heteroatoms. The van der Waals surface area contributed by atoms with Crippen molar-refractivity contribution in [3.8, 4) is 0 Å². The Morgan fingerprint density at radius 3 is 2.21 bits per heavy atom. The maximum absolute atomic E-state index is 9.25. The number of likely N-dealkylation sites (N-methyl/N-ethyl adjacent to an activating group) is 1. The molecule has 0 saturated carbocycles. The molecule has 0 aromatic heterocycles. The molecule has 1 rings (SSSR count). The van der Waals surface area contributed by atoms with Crippen LogP contribution in [0.5, 0.6) is 0 Å². The summed E-state index contributed by atoms with van der Waals surface area (Å²) in [6, 6.07) is 4.54. The van der Waals surface area contributed by atoms with E-state index in [0.717, 1.165) is 25.9 Å². The van der Waals surface area contributed by atoms with Crippen LogP contribution in [0, 0.1) is 26.7 Å². The van der Waals surface area contributed by atoms with E-state index in [-0.39, 0.29) is 0 Å². The molecule has 0 amide bonds. The molecule has 0 radical (unpaired) electrons. The normalized spacial score (nSPS) is 13.0. The highest BCUT2D eigenvalue weighted by molar-refractivity contribution is 5.37. The average Bonchev–Trinajstić information content (AvgIpc) is 2.34. The molecule has 0 spiro atoms. The molecule has 1 unspecified atom stereocenters. The van der Waals surface area contributed by atoms with Crippen LogP contribution in [0.1, 0.15) is 35.6 Å². The number of aliphatic hydroxyl groups excluding tert-OH is 1. The third kappa shape index (κ3) is 4.96. The van der Waals surface area contributed by atoms with E-state index < -0.39 is 0 Å². The highest BCUT2D eigenvalue weighted by Crippen LogP contribution is 2.17. The van der Waals surface area contributed by atoms with E-state index in [1.807, 2.05) is 0 Å². The molecule has 0 aliphatic heterocycles. The lowest BCUT2D eigenvalue weighted by molar-refractivity contribution is 0.177. The van der Waals surface area contributed by atoms with Crippen LogP contribution in [0.3, 0.4) is 0 Å². The van der Waals surface area contributed by atoms with Gasteiger partial charge in [0.15, 0.2) is 0 Å². The standard InChI is InChI=1S/C17H29NO/c1-6-16(12-19)11-18(5)8-7-17-14(3)9-13(2)10-15(17)4/h9-10,16,19H,6-8,11-12H2,1-5H3. The first-order valence-electron chi connectivity index (χ1n) is 7.34. The maximum Gasteiger partial charge on any atom is 0.0471 e. The summed E-state index contributed by atoms with van der Waals surface area (Å²) in [7, 11) is 2.15. The topological polar surface area (TPSA) is 23.5 Å². The van der Waals surface area contributed by atoms with E-state index in [2.05, 4.69) is 51.8 Å². The molecule has 0 saturated heterocycles. The van der Waals surface area contributed by atoms with Gasteiger partial charge in [0.05, 0.1) is 0 Å². The lowest BCUT2D eigenvalue weighted by atomic mass is 9.97. The van der Waals surface area contributed by atoms with Gasteiger partial charge in [0, 0.05) is 19.7 Å². The van der Waals surface area contributed by atoms with Gasteiger partial charge in [-0.05, 0) is 63.3 Å². The van der Waals surface area contributed by atoms with Crippen molar-refractivity contribution < 1.29 is 5.11 Å². The van der Waals surface area contributed by atoms with Gasteiger partial charge >= 0.3 is 0 Å². The Labute approximate surface area is 118 Å². The molecule has 1 aromatic carbocycles. The lowest BCUT2D eigenvalue weighted by Crippen LogP contribution is -2.29. The maximum atomic E-state index is 9.25. The van der Waals surface area contributed by atoms with Crippen molar-refractivity contribution in [1.29, 1.82) is 0 Å². The third-order valence-corrected chi connectivity index (χ3v) is 3.99. The Morgan fingerprint density at radius 2 is 1.74 bits per heavy atom. The van der Waals surface area contributed by atoms with E-state index in [1.165, 1.54) is 22.3 Å². The van der Waals surface area contributed by atoms with Gasteiger partial charge in [-0.25, -0.2) is 0 Å². The van der Waals surface area contributed by atoms with Crippen molar-refractivity contribution in [3.05, 3.63) is 34.4 Å². The first-order valence-corrected chi connectivity index (χ1v) is 7.34. The summed E-state index contributed by atoms with van der Waals surface area (Å²) in [5.41, 5.74) is 5.63. The molecule has 2 nitrogen and oxygen atoms in total. The van der Waals surface area contributed by atoms with Crippen molar-refractivity contribution in [2.24, 2.45) is 5.92 Å². The van der Waals surface area contributed by atoms with Gasteiger partial charge in [-0.2, -0.15) is 0 Å². The van der Waals surface area contributed by atoms with Crippen LogP contribution in [-0.4, -0.2) is 36.8 Å². The Bertz CT molecular complexity index is 373. The predicted molar refractivity (Wildman–Crippen MR) is 82.7 cm³/mol. The van der Waals surface area contributed by atoms with Crippen molar-refractivity contribution in [1.82, 2.24) is 4.90 Å². The van der Waals surface area contributed by atoms with Crippen LogP contribution in [-0.2, 0) is 6.42 Å². The molecule has 0 bridgehead atoms. The summed E-state index contributed by atoms with van der Waals surface area (Å²) in [6.07, 6.45) is 2.14. The molecule has 19 heavy (non-hydrogen) atoms. The quantitative estimate of drug-likeness (QED) is 0.817. The average molecular weight is 263 g/mol. The second-order valence-corrected chi connectivity index (χ2v) is 5.85. The van der Waals surface area contributed by atoms with Gasteiger partial charge in [-0.1, -0.05) is 24.6 Å². The SMILES string of the molecule is CCC(CO)CN(C)CCc1c(C)cc(C)cc1C. The number of aryl methyl sites for hydroxylation is 3. The molecule has 1 aromatic rings. The fourth-order valence-corrected chi connectivity index (χ4v) is 2.75.